The Hall–Kier alpha value is -3.21. The monoisotopic (exact) mass is 356 g/mol. The number of amides is 2. The number of aliphatic hydroxyl groups excluding tert-OH is 1. The summed E-state index contributed by atoms with van der Waals surface area (Å²) in [4.78, 5) is 23.6. The molecule has 2 aromatic rings. The molecule has 2 amide bonds. The summed E-state index contributed by atoms with van der Waals surface area (Å²) in [7, 11) is 0. The minimum Gasteiger partial charge on any atom is -0.391 e. The number of hydrogen-bond donors (Lipinski definition) is 4. The van der Waals surface area contributed by atoms with E-state index in [9.17, 15) is 19.1 Å². The van der Waals surface area contributed by atoms with Gasteiger partial charge in [-0.25, -0.2) is 9.87 Å². The first kappa shape index (κ1) is 19.1. The summed E-state index contributed by atoms with van der Waals surface area (Å²) in [6.07, 6.45) is -1.20. The predicted molar refractivity (Wildman–Crippen MR) is 91.7 cm³/mol. The number of aliphatic hydroxyl groups is 1. The Balaban J connectivity index is 2.11. The van der Waals surface area contributed by atoms with Crippen LogP contribution in [0.4, 0.5) is 4.39 Å². The van der Waals surface area contributed by atoms with E-state index in [0.717, 1.165) is 0 Å². The van der Waals surface area contributed by atoms with Gasteiger partial charge in [0.2, 0.25) is 0 Å². The molecule has 7 heteroatoms. The molecule has 26 heavy (non-hydrogen) atoms. The van der Waals surface area contributed by atoms with Gasteiger partial charge in [-0.1, -0.05) is 24.0 Å². The first-order valence-corrected chi connectivity index (χ1v) is 7.72. The van der Waals surface area contributed by atoms with Gasteiger partial charge in [0, 0.05) is 11.1 Å². The molecule has 4 N–H and O–H groups in total. The molecule has 0 heterocycles. The second-order valence-electron chi connectivity index (χ2n) is 5.47. The number of carbonyl (C=O) groups is 2. The summed E-state index contributed by atoms with van der Waals surface area (Å²) in [6, 6.07) is 11.0. The minimum atomic E-state index is -1.30. The molecule has 0 saturated carbocycles. The van der Waals surface area contributed by atoms with E-state index in [4.69, 9.17) is 5.21 Å². The van der Waals surface area contributed by atoms with E-state index in [2.05, 4.69) is 17.2 Å². The quantitative estimate of drug-likeness (QED) is 0.376. The van der Waals surface area contributed by atoms with E-state index < -0.39 is 29.8 Å². The largest absolute Gasteiger partial charge is 0.391 e. The Bertz CT molecular complexity index is 854. The molecular weight excluding hydrogens is 339 g/mol. The summed E-state index contributed by atoms with van der Waals surface area (Å²) in [5.74, 6) is 3.56. The van der Waals surface area contributed by atoms with Crippen LogP contribution in [0.3, 0.4) is 0 Å². The maximum atomic E-state index is 13.5. The van der Waals surface area contributed by atoms with Gasteiger partial charge in [0.15, 0.2) is 0 Å². The van der Waals surface area contributed by atoms with Crippen molar-refractivity contribution < 1.29 is 24.3 Å². The second kappa shape index (κ2) is 8.76. The van der Waals surface area contributed by atoms with Crippen molar-refractivity contribution >= 4 is 11.8 Å². The molecule has 2 atom stereocenters. The number of hydrogen-bond acceptors (Lipinski definition) is 4. The SMILES string of the molecule is CC(O)C(NC(=O)c1ccc(C#Cc2ccccc2F)cc1)C(=O)NO. The van der Waals surface area contributed by atoms with Gasteiger partial charge >= 0.3 is 0 Å². The highest BCUT2D eigenvalue weighted by Crippen LogP contribution is 2.07. The van der Waals surface area contributed by atoms with Gasteiger partial charge in [-0.15, -0.1) is 0 Å². The van der Waals surface area contributed by atoms with E-state index in [1.165, 1.54) is 30.6 Å². The number of rotatable bonds is 4. The highest BCUT2D eigenvalue weighted by atomic mass is 19.1. The van der Waals surface area contributed by atoms with Crippen LogP contribution in [0.2, 0.25) is 0 Å². The molecular formula is C19H17FN2O4. The third-order valence-electron chi connectivity index (χ3n) is 3.52. The summed E-state index contributed by atoms with van der Waals surface area (Å²) in [5.41, 5.74) is 2.46. The molecule has 2 rings (SSSR count). The molecule has 2 aromatic carbocycles. The molecule has 0 bridgehead atoms. The van der Waals surface area contributed by atoms with Crippen molar-refractivity contribution in [3.63, 3.8) is 0 Å². The lowest BCUT2D eigenvalue weighted by Gasteiger charge is -2.19. The van der Waals surface area contributed by atoms with Crippen molar-refractivity contribution in [3.8, 4) is 11.8 Å². The number of hydroxylamine groups is 1. The van der Waals surface area contributed by atoms with Crippen LogP contribution in [0.25, 0.3) is 0 Å². The van der Waals surface area contributed by atoms with Gasteiger partial charge in [0.25, 0.3) is 11.8 Å². The molecule has 0 spiro atoms. The molecule has 2 unspecified atom stereocenters. The van der Waals surface area contributed by atoms with Crippen LogP contribution in [0.15, 0.2) is 48.5 Å². The Morgan fingerprint density at radius 1 is 1.08 bits per heavy atom. The van der Waals surface area contributed by atoms with Crippen LogP contribution in [0, 0.1) is 17.7 Å². The van der Waals surface area contributed by atoms with Gasteiger partial charge < -0.3 is 10.4 Å². The molecule has 0 aliphatic heterocycles. The van der Waals surface area contributed by atoms with Crippen molar-refractivity contribution in [1.29, 1.82) is 0 Å². The summed E-state index contributed by atoms with van der Waals surface area (Å²) >= 11 is 0. The molecule has 0 aliphatic rings. The minimum absolute atomic E-state index is 0.234. The Labute approximate surface area is 149 Å². The van der Waals surface area contributed by atoms with E-state index in [0.29, 0.717) is 5.56 Å². The van der Waals surface area contributed by atoms with Crippen LogP contribution < -0.4 is 10.8 Å². The van der Waals surface area contributed by atoms with E-state index in [1.54, 1.807) is 30.3 Å². The Morgan fingerprint density at radius 2 is 1.73 bits per heavy atom. The van der Waals surface area contributed by atoms with Gasteiger partial charge in [0.05, 0.1) is 11.7 Å². The summed E-state index contributed by atoms with van der Waals surface area (Å²) < 4.78 is 13.5. The molecule has 0 radical (unpaired) electrons. The first-order valence-electron chi connectivity index (χ1n) is 7.72. The van der Waals surface area contributed by atoms with Crippen molar-refractivity contribution in [2.75, 3.05) is 0 Å². The zero-order valence-electron chi connectivity index (χ0n) is 13.9. The first-order chi connectivity index (χ1) is 12.4. The highest BCUT2D eigenvalue weighted by Gasteiger charge is 2.25. The van der Waals surface area contributed by atoms with Crippen LogP contribution in [-0.2, 0) is 4.79 Å². The van der Waals surface area contributed by atoms with Gasteiger partial charge in [-0.3, -0.25) is 14.8 Å². The zero-order chi connectivity index (χ0) is 19.1. The van der Waals surface area contributed by atoms with Crippen molar-refractivity contribution in [1.82, 2.24) is 10.8 Å². The average Bonchev–Trinajstić information content (AvgIpc) is 2.64. The Morgan fingerprint density at radius 3 is 2.31 bits per heavy atom. The number of halogens is 1. The predicted octanol–water partition coefficient (Wildman–Crippen LogP) is 1.21. The Kier molecular flexibility index (Phi) is 6.44. The van der Waals surface area contributed by atoms with Crippen molar-refractivity contribution in [2.45, 2.75) is 19.1 Å². The van der Waals surface area contributed by atoms with E-state index in [-0.39, 0.29) is 11.1 Å². The van der Waals surface area contributed by atoms with Crippen LogP contribution in [-0.4, -0.2) is 34.3 Å². The zero-order valence-corrected chi connectivity index (χ0v) is 13.9. The molecule has 0 aliphatic carbocycles. The number of benzene rings is 2. The standard InChI is InChI=1S/C19H17FN2O4/c1-12(23)17(19(25)22-26)21-18(24)15-10-7-13(8-11-15)6-9-14-4-2-3-5-16(14)20/h2-5,7-8,10-12,17,23,26H,1H3,(H,21,24)(H,22,25). The molecule has 0 fully saturated rings. The molecule has 6 nitrogen and oxygen atoms in total. The lowest BCUT2D eigenvalue weighted by molar-refractivity contribution is -0.133. The molecule has 0 aromatic heterocycles. The van der Waals surface area contributed by atoms with Crippen LogP contribution in [0.1, 0.15) is 28.4 Å². The van der Waals surface area contributed by atoms with Crippen LogP contribution >= 0.6 is 0 Å². The normalized spacial score (nSPS) is 12.3. The lowest BCUT2D eigenvalue weighted by Crippen LogP contribution is -2.51. The smallest absolute Gasteiger partial charge is 0.268 e. The third kappa shape index (κ3) is 4.89. The third-order valence-corrected chi connectivity index (χ3v) is 3.52. The van der Waals surface area contributed by atoms with Crippen molar-refractivity contribution in [2.24, 2.45) is 0 Å². The van der Waals surface area contributed by atoms with Gasteiger partial charge in [-0.2, -0.15) is 0 Å². The average molecular weight is 356 g/mol. The lowest BCUT2D eigenvalue weighted by atomic mass is 10.1. The fourth-order valence-corrected chi connectivity index (χ4v) is 2.11. The molecule has 134 valence electrons. The number of nitrogens with one attached hydrogen (secondary N) is 2. The highest BCUT2D eigenvalue weighted by molar-refractivity contribution is 5.97. The van der Waals surface area contributed by atoms with E-state index in [1.807, 2.05) is 0 Å². The summed E-state index contributed by atoms with van der Waals surface area (Å²) in [5, 5.41) is 20.5. The topological polar surface area (TPSA) is 98.7 Å². The second-order valence-corrected chi connectivity index (χ2v) is 5.47. The maximum Gasteiger partial charge on any atom is 0.268 e. The fourth-order valence-electron chi connectivity index (χ4n) is 2.11. The van der Waals surface area contributed by atoms with Crippen molar-refractivity contribution in [3.05, 3.63) is 71.0 Å². The maximum absolute atomic E-state index is 13.5. The number of carbonyl (C=O) groups excluding carboxylic acids is 2. The summed E-state index contributed by atoms with van der Waals surface area (Å²) in [6.45, 7) is 1.31. The van der Waals surface area contributed by atoms with E-state index >= 15 is 0 Å². The molecule has 0 saturated heterocycles. The fraction of sp³-hybridized carbons (Fsp3) is 0.158. The van der Waals surface area contributed by atoms with Gasteiger partial charge in [0.1, 0.15) is 11.9 Å². The van der Waals surface area contributed by atoms with Gasteiger partial charge in [-0.05, 0) is 43.3 Å². The van der Waals surface area contributed by atoms with Crippen LogP contribution in [0.5, 0.6) is 0 Å².